The van der Waals surface area contributed by atoms with Gasteiger partial charge in [0.15, 0.2) is 5.78 Å². The van der Waals surface area contributed by atoms with Crippen molar-refractivity contribution in [2.24, 2.45) is 0 Å². The molecule has 2 heterocycles. The molecule has 100 valence electrons. The van der Waals surface area contributed by atoms with Gasteiger partial charge < -0.3 is 4.98 Å². The second-order valence-corrected chi connectivity index (χ2v) is 7.20. The predicted octanol–water partition coefficient (Wildman–Crippen LogP) is 4.74. The Kier molecular flexibility index (Phi) is 3.72. The zero-order valence-electron chi connectivity index (χ0n) is 10.8. The van der Waals surface area contributed by atoms with Crippen molar-refractivity contribution < 1.29 is 4.79 Å². The normalized spacial score (nSPS) is 16.9. The highest BCUT2D eigenvalue weighted by molar-refractivity contribution is 9.10. The number of hydrogen-bond acceptors (Lipinski definition) is 2. The van der Waals surface area contributed by atoms with Crippen LogP contribution in [0.5, 0.6) is 0 Å². The number of hydrogen-bond donors (Lipinski definition) is 1. The maximum atomic E-state index is 11.8. The first-order valence-corrected chi connectivity index (χ1v) is 8.51. The summed E-state index contributed by atoms with van der Waals surface area (Å²) >= 11 is 5.56. The van der Waals surface area contributed by atoms with Gasteiger partial charge >= 0.3 is 0 Å². The van der Waals surface area contributed by atoms with E-state index in [1.165, 1.54) is 35.3 Å². The Balaban J connectivity index is 2.14. The van der Waals surface area contributed by atoms with Gasteiger partial charge in [-0.2, -0.15) is 11.8 Å². The van der Waals surface area contributed by atoms with Crippen molar-refractivity contribution in [2.45, 2.75) is 25.7 Å². The number of Topliss-reactive ketones (excluding diaryl/α,β-unsaturated/α-hetero) is 1. The summed E-state index contributed by atoms with van der Waals surface area (Å²) in [6, 6.07) is 4.04. The summed E-state index contributed by atoms with van der Waals surface area (Å²) in [5.74, 6) is 3.22. The number of halogens is 1. The molecule has 1 saturated heterocycles. The molecule has 0 aliphatic carbocycles. The Labute approximate surface area is 125 Å². The van der Waals surface area contributed by atoms with Crippen LogP contribution >= 0.6 is 27.7 Å². The van der Waals surface area contributed by atoms with Gasteiger partial charge in [0.1, 0.15) is 0 Å². The molecule has 0 amide bonds. The molecule has 1 aromatic heterocycles. The Bertz CT molecular complexity index is 628. The number of thioether (sulfide) groups is 1. The molecule has 1 aliphatic heterocycles. The van der Waals surface area contributed by atoms with Crippen molar-refractivity contribution in [1.82, 2.24) is 4.98 Å². The van der Waals surface area contributed by atoms with E-state index in [1.54, 1.807) is 6.92 Å². The zero-order valence-corrected chi connectivity index (χ0v) is 13.2. The summed E-state index contributed by atoms with van der Waals surface area (Å²) < 4.78 is 0.983. The summed E-state index contributed by atoms with van der Waals surface area (Å²) in [6.07, 6.45) is 4.57. The van der Waals surface area contributed by atoms with Crippen LogP contribution in [0, 0.1) is 0 Å². The molecule has 3 rings (SSSR count). The van der Waals surface area contributed by atoms with Gasteiger partial charge in [-0.05, 0) is 54.9 Å². The second-order valence-electron chi connectivity index (χ2n) is 5.06. The van der Waals surface area contributed by atoms with E-state index in [1.807, 2.05) is 17.8 Å². The van der Waals surface area contributed by atoms with Gasteiger partial charge in [-0.25, -0.2) is 0 Å². The minimum Gasteiger partial charge on any atom is -0.360 e. The van der Waals surface area contributed by atoms with Gasteiger partial charge in [0.2, 0.25) is 0 Å². The lowest BCUT2D eigenvalue weighted by atomic mass is 9.92. The minimum absolute atomic E-state index is 0.110. The van der Waals surface area contributed by atoms with Crippen LogP contribution in [0.15, 0.2) is 22.8 Å². The molecule has 19 heavy (non-hydrogen) atoms. The van der Waals surface area contributed by atoms with Gasteiger partial charge in [-0.1, -0.05) is 15.9 Å². The molecule has 1 N–H and O–H groups in total. The highest BCUT2D eigenvalue weighted by Gasteiger charge is 2.20. The van der Waals surface area contributed by atoms with E-state index in [0.29, 0.717) is 5.92 Å². The number of rotatable bonds is 2. The van der Waals surface area contributed by atoms with Crippen molar-refractivity contribution in [2.75, 3.05) is 11.5 Å². The Morgan fingerprint density at radius 2 is 2.11 bits per heavy atom. The number of H-pyrrole nitrogens is 1. The fraction of sp³-hybridized carbons (Fsp3) is 0.400. The smallest absolute Gasteiger partial charge is 0.161 e. The largest absolute Gasteiger partial charge is 0.360 e. The Morgan fingerprint density at radius 3 is 2.79 bits per heavy atom. The first-order valence-electron chi connectivity index (χ1n) is 6.56. The van der Waals surface area contributed by atoms with Gasteiger partial charge in [-0.3, -0.25) is 4.79 Å². The van der Waals surface area contributed by atoms with Crippen molar-refractivity contribution in [3.05, 3.63) is 33.9 Å². The lowest BCUT2D eigenvalue weighted by molar-refractivity contribution is 0.101. The SMILES string of the molecule is CC(=O)c1cc(Br)cc2c(C3CCSCC3)c[nH]c12. The van der Waals surface area contributed by atoms with Crippen LogP contribution < -0.4 is 0 Å². The summed E-state index contributed by atoms with van der Waals surface area (Å²) in [5.41, 5.74) is 3.14. The zero-order chi connectivity index (χ0) is 13.4. The second kappa shape index (κ2) is 5.33. The van der Waals surface area contributed by atoms with E-state index < -0.39 is 0 Å². The molecule has 0 unspecified atom stereocenters. The van der Waals surface area contributed by atoms with Crippen LogP contribution in [-0.4, -0.2) is 22.3 Å². The minimum atomic E-state index is 0.110. The van der Waals surface area contributed by atoms with E-state index in [-0.39, 0.29) is 5.78 Å². The molecule has 0 bridgehead atoms. The van der Waals surface area contributed by atoms with Gasteiger partial charge in [0, 0.05) is 21.6 Å². The third-order valence-electron chi connectivity index (χ3n) is 3.83. The van der Waals surface area contributed by atoms with Crippen LogP contribution in [0.1, 0.15) is 41.6 Å². The summed E-state index contributed by atoms with van der Waals surface area (Å²) in [5, 5.41) is 1.21. The summed E-state index contributed by atoms with van der Waals surface area (Å²) in [4.78, 5) is 15.1. The molecule has 2 nitrogen and oxygen atoms in total. The standard InChI is InChI=1S/C15H16BrNOS/c1-9(18)12-6-11(16)7-13-14(8-17-15(12)13)10-2-4-19-5-3-10/h6-8,10,17H,2-5H2,1H3. The molecule has 0 saturated carbocycles. The average Bonchev–Trinajstić information content (AvgIpc) is 2.82. The molecule has 1 fully saturated rings. The van der Waals surface area contributed by atoms with Crippen molar-refractivity contribution in [3.8, 4) is 0 Å². The topological polar surface area (TPSA) is 32.9 Å². The highest BCUT2D eigenvalue weighted by atomic mass is 79.9. The molecule has 1 aliphatic rings. The quantitative estimate of drug-likeness (QED) is 0.802. The molecular weight excluding hydrogens is 322 g/mol. The third kappa shape index (κ3) is 2.48. The number of fused-ring (bicyclic) bond motifs is 1. The summed E-state index contributed by atoms with van der Waals surface area (Å²) in [7, 11) is 0. The number of nitrogens with one attached hydrogen (secondary N) is 1. The maximum absolute atomic E-state index is 11.8. The average molecular weight is 338 g/mol. The van der Waals surface area contributed by atoms with Crippen LogP contribution in [0.3, 0.4) is 0 Å². The summed E-state index contributed by atoms with van der Waals surface area (Å²) in [6.45, 7) is 1.62. The van der Waals surface area contributed by atoms with E-state index in [4.69, 9.17) is 0 Å². The number of benzene rings is 1. The van der Waals surface area contributed by atoms with Gasteiger partial charge in [-0.15, -0.1) is 0 Å². The van der Waals surface area contributed by atoms with Gasteiger partial charge in [0.05, 0.1) is 5.52 Å². The number of carbonyl (C=O) groups excluding carboxylic acids is 1. The fourth-order valence-corrected chi connectivity index (χ4v) is 4.41. The van der Waals surface area contributed by atoms with Crippen molar-refractivity contribution in [3.63, 3.8) is 0 Å². The lowest BCUT2D eigenvalue weighted by Gasteiger charge is -2.21. The monoisotopic (exact) mass is 337 g/mol. The molecule has 4 heteroatoms. The highest BCUT2D eigenvalue weighted by Crippen LogP contribution is 2.37. The molecule has 0 spiro atoms. The van der Waals surface area contributed by atoms with Crippen LogP contribution in [0.25, 0.3) is 10.9 Å². The Hall–Kier alpha value is -0.740. The van der Waals surface area contributed by atoms with E-state index in [9.17, 15) is 4.79 Å². The van der Waals surface area contributed by atoms with Crippen LogP contribution in [-0.2, 0) is 0 Å². The molecule has 2 aromatic rings. The number of ketones is 1. The molecule has 1 aromatic carbocycles. The van der Waals surface area contributed by atoms with E-state index in [0.717, 1.165) is 15.6 Å². The molecule has 0 atom stereocenters. The van der Waals surface area contributed by atoms with Crippen molar-refractivity contribution >= 4 is 44.4 Å². The fourth-order valence-electron chi connectivity index (χ4n) is 2.84. The lowest BCUT2D eigenvalue weighted by Crippen LogP contribution is -2.07. The molecular formula is C15H16BrNOS. The first-order chi connectivity index (χ1) is 9.16. The number of aromatic nitrogens is 1. The Morgan fingerprint density at radius 1 is 1.37 bits per heavy atom. The third-order valence-corrected chi connectivity index (χ3v) is 5.33. The van der Waals surface area contributed by atoms with Crippen LogP contribution in [0.4, 0.5) is 0 Å². The first kappa shape index (κ1) is 13.3. The van der Waals surface area contributed by atoms with Crippen molar-refractivity contribution in [1.29, 1.82) is 0 Å². The van der Waals surface area contributed by atoms with Gasteiger partial charge in [0.25, 0.3) is 0 Å². The van der Waals surface area contributed by atoms with Crippen LogP contribution in [0.2, 0.25) is 0 Å². The van der Waals surface area contributed by atoms with E-state index >= 15 is 0 Å². The van der Waals surface area contributed by atoms with E-state index in [2.05, 4.69) is 33.2 Å². The molecule has 0 radical (unpaired) electrons. The predicted molar refractivity (Wildman–Crippen MR) is 85.3 cm³/mol. The number of carbonyl (C=O) groups is 1. The number of aromatic amines is 1. The maximum Gasteiger partial charge on any atom is 0.161 e.